The summed E-state index contributed by atoms with van der Waals surface area (Å²) in [5, 5.41) is 3.27. The number of methoxy groups -OCH3 is 1. The van der Waals surface area contributed by atoms with Gasteiger partial charge in [-0.05, 0) is 44.2 Å². The second-order valence-electron chi connectivity index (χ2n) is 6.47. The average molecular weight is 442 g/mol. The number of benzene rings is 2. The van der Waals surface area contributed by atoms with E-state index in [1.54, 1.807) is 14.0 Å². The van der Waals surface area contributed by atoms with Gasteiger partial charge in [0.2, 0.25) is 5.95 Å². The summed E-state index contributed by atoms with van der Waals surface area (Å²) in [6, 6.07) is 13.2. The summed E-state index contributed by atoms with van der Waals surface area (Å²) in [5.41, 5.74) is 3.88. The molecule has 1 aromatic heterocycles. The highest BCUT2D eigenvalue weighted by atomic mass is 79.9. The molecule has 6 nitrogen and oxygen atoms in total. The first-order valence-electron chi connectivity index (χ1n) is 9.00. The zero-order valence-electron chi connectivity index (χ0n) is 15.8. The lowest BCUT2D eigenvalue weighted by atomic mass is 9.94. The number of halogens is 1. The van der Waals surface area contributed by atoms with Crippen molar-refractivity contribution in [3.63, 3.8) is 0 Å². The number of ether oxygens (including phenoxy) is 2. The number of imidazole rings is 1. The van der Waals surface area contributed by atoms with Crippen LogP contribution in [0.2, 0.25) is 0 Å². The molecule has 3 aromatic rings. The van der Waals surface area contributed by atoms with Crippen LogP contribution in [0.5, 0.6) is 5.75 Å². The minimum Gasteiger partial charge on any atom is -0.496 e. The van der Waals surface area contributed by atoms with E-state index in [1.807, 2.05) is 54.0 Å². The van der Waals surface area contributed by atoms with Crippen LogP contribution in [0, 0.1) is 0 Å². The summed E-state index contributed by atoms with van der Waals surface area (Å²) in [4.78, 5) is 17.6. The maximum atomic E-state index is 12.9. The Labute approximate surface area is 171 Å². The lowest BCUT2D eigenvalue weighted by Crippen LogP contribution is -2.29. The van der Waals surface area contributed by atoms with Crippen molar-refractivity contribution >= 4 is 38.9 Å². The van der Waals surface area contributed by atoms with Crippen LogP contribution in [0.4, 0.5) is 5.95 Å². The highest BCUT2D eigenvalue weighted by Gasteiger charge is 2.36. The van der Waals surface area contributed by atoms with Crippen molar-refractivity contribution in [2.75, 3.05) is 19.0 Å². The Morgan fingerprint density at radius 2 is 2.07 bits per heavy atom. The summed E-state index contributed by atoms with van der Waals surface area (Å²) in [6.45, 7) is 3.97. The first kappa shape index (κ1) is 18.6. The van der Waals surface area contributed by atoms with Crippen LogP contribution in [-0.2, 0) is 9.53 Å². The van der Waals surface area contributed by atoms with E-state index in [9.17, 15) is 4.79 Å². The van der Waals surface area contributed by atoms with Gasteiger partial charge in [-0.25, -0.2) is 9.78 Å². The predicted octanol–water partition coefficient (Wildman–Crippen LogP) is 4.66. The molecule has 7 heteroatoms. The molecule has 2 aromatic carbocycles. The van der Waals surface area contributed by atoms with Gasteiger partial charge in [-0.1, -0.05) is 28.1 Å². The quantitative estimate of drug-likeness (QED) is 0.596. The molecule has 0 amide bonds. The largest absolute Gasteiger partial charge is 0.496 e. The number of carbonyl (C=O) groups excluding carboxylic acids is 1. The highest BCUT2D eigenvalue weighted by Crippen LogP contribution is 2.43. The number of hydrogen-bond acceptors (Lipinski definition) is 5. The molecule has 0 aliphatic carbocycles. The fourth-order valence-corrected chi connectivity index (χ4v) is 4.03. The number of aromatic nitrogens is 2. The Morgan fingerprint density at radius 3 is 2.82 bits per heavy atom. The van der Waals surface area contributed by atoms with Crippen molar-refractivity contribution in [1.82, 2.24) is 9.55 Å². The Kier molecular flexibility index (Phi) is 4.85. The molecule has 144 valence electrons. The Morgan fingerprint density at radius 1 is 1.29 bits per heavy atom. The molecule has 0 spiro atoms. The van der Waals surface area contributed by atoms with Gasteiger partial charge in [0.1, 0.15) is 5.75 Å². The summed E-state index contributed by atoms with van der Waals surface area (Å²) in [6.07, 6.45) is 0. The number of rotatable bonds is 4. The molecular formula is C21H20BrN3O3. The Balaban J connectivity index is 2.03. The summed E-state index contributed by atoms with van der Waals surface area (Å²) in [5.74, 6) is 1.01. The lowest BCUT2D eigenvalue weighted by Gasteiger charge is -2.31. The summed E-state index contributed by atoms with van der Waals surface area (Å²) >= 11 is 3.55. The molecule has 2 heterocycles. The monoisotopic (exact) mass is 441 g/mol. The Bertz CT molecular complexity index is 1100. The number of esters is 1. The van der Waals surface area contributed by atoms with Crippen molar-refractivity contribution in [3.05, 3.63) is 63.8 Å². The number of nitrogens with one attached hydrogen (secondary N) is 1. The van der Waals surface area contributed by atoms with Gasteiger partial charge in [0.15, 0.2) is 0 Å². The Hall–Kier alpha value is -2.80. The molecular weight excluding hydrogens is 422 g/mol. The fraction of sp³-hybridized carbons (Fsp3) is 0.238. The van der Waals surface area contributed by atoms with E-state index >= 15 is 0 Å². The number of nitrogens with zero attached hydrogens (tertiary/aromatic N) is 2. The van der Waals surface area contributed by atoms with Crippen LogP contribution >= 0.6 is 15.9 Å². The number of para-hydroxylation sites is 2. The molecule has 0 bridgehead atoms. The van der Waals surface area contributed by atoms with E-state index in [4.69, 9.17) is 14.5 Å². The van der Waals surface area contributed by atoms with Crippen LogP contribution in [0.3, 0.4) is 0 Å². The number of allylic oxidation sites excluding steroid dienone is 1. The number of fused-ring (bicyclic) bond motifs is 3. The predicted molar refractivity (Wildman–Crippen MR) is 112 cm³/mol. The third-order valence-electron chi connectivity index (χ3n) is 4.81. The van der Waals surface area contributed by atoms with Crippen LogP contribution in [0.1, 0.15) is 25.5 Å². The molecule has 0 fully saturated rings. The van der Waals surface area contributed by atoms with Crippen molar-refractivity contribution < 1.29 is 14.3 Å². The van der Waals surface area contributed by atoms with Gasteiger partial charge in [0.25, 0.3) is 0 Å². The van der Waals surface area contributed by atoms with Gasteiger partial charge >= 0.3 is 5.97 Å². The van der Waals surface area contributed by atoms with Crippen molar-refractivity contribution in [2.24, 2.45) is 0 Å². The third-order valence-corrected chi connectivity index (χ3v) is 5.31. The molecule has 28 heavy (non-hydrogen) atoms. The zero-order valence-corrected chi connectivity index (χ0v) is 17.4. The van der Waals surface area contributed by atoms with Crippen molar-refractivity contribution in [1.29, 1.82) is 0 Å². The molecule has 0 radical (unpaired) electrons. The maximum Gasteiger partial charge on any atom is 0.338 e. The number of anilines is 1. The van der Waals surface area contributed by atoms with Crippen LogP contribution in [-0.4, -0.2) is 29.2 Å². The molecule has 1 aliphatic heterocycles. The zero-order chi connectivity index (χ0) is 19.8. The van der Waals surface area contributed by atoms with Crippen molar-refractivity contribution in [3.8, 4) is 5.75 Å². The van der Waals surface area contributed by atoms with E-state index in [0.717, 1.165) is 21.1 Å². The maximum absolute atomic E-state index is 12.9. The summed E-state index contributed by atoms with van der Waals surface area (Å²) in [7, 11) is 1.63. The molecule has 1 atom stereocenters. The van der Waals surface area contributed by atoms with Crippen LogP contribution < -0.4 is 10.1 Å². The van der Waals surface area contributed by atoms with E-state index in [0.29, 0.717) is 29.6 Å². The van der Waals surface area contributed by atoms with Gasteiger partial charge in [0.05, 0.1) is 36.4 Å². The standard InChI is InChI=1S/C21H20BrN3O3/c1-4-28-20(26)18-12(2)23-21-24-15-7-5-6-8-16(15)25(21)19(18)14-11-13(22)9-10-17(14)27-3/h5-11,19H,4H2,1-3H3,(H,23,24). The molecule has 1 aliphatic rings. The summed E-state index contributed by atoms with van der Waals surface area (Å²) < 4.78 is 13.9. The van der Waals surface area contributed by atoms with Crippen molar-refractivity contribution in [2.45, 2.75) is 19.9 Å². The second kappa shape index (κ2) is 7.31. The molecule has 1 N–H and O–H groups in total. The van der Waals surface area contributed by atoms with Gasteiger partial charge in [0, 0.05) is 15.7 Å². The number of carbonyl (C=O) groups is 1. The van der Waals surface area contributed by atoms with Crippen LogP contribution in [0.25, 0.3) is 11.0 Å². The minimum absolute atomic E-state index is 0.301. The highest BCUT2D eigenvalue weighted by molar-refractivity contribution is 9.10. The van der Waals surface area contributed by atoms with Crippen LogP contribution in [0.15, 0.2) is 58.2 Å². The lowest BCUT2D eigenvalue weighted by molar-refractivity contribution is -0.139. The van der Waals surface area contributed by atoms with E-state index in [1.165, 1.54) is 0 Å². The van der Waals surface area contributed by atoms with E-state index < -0.39 is 6.04 Å². The van der Waals surface area contributed by atoms with Gasteiger partial charge in [-0.15, -0.1) is 0 Å². The second-order valence-corrected chi connectivity index (χ2v) is 7.38. The van der Waals surface area contributed by atoms with E-state index in [2.05, 4.69) is 21.2 Å². The SMILES string of the molecule is CCOC(=O)C1=C(C)Nc2nc3ccccc3n2C1c1cc(Br)ccc1OC. The third kappa shape index (κ3) is 2.96. The van der Waals surface area contributed by atoms with Gasteiger partial charge < -0.3 is 14.8 Å². The first-order valence-corrected chi connectivity index (χ1v) is 9.79. The number of hydrogen-bond donors (Lipinski definition) is 1. The van der Waals surface area contributed by atoms with Gasteiger partial charge in [-0.2, -0.15) is 0 Å². The fourth-order valence-electron chi connectivity index (χ4n) is 3.65. The molecule has 0 saturated heterocycles. The first-order chi connectivity index (χ1) is 13.5. The van der Waals surface area contributed by atoms with E-state index in [-0.39, 0.29) is 5.97 Å². The molecule has 4 rings (SSSR count). The normalized spacial score (nSPS) is 15.9. The van der Waals surface area contributed by atoms with Gasteiger partial charge in [-0.3, -0.25) is 4.57 Å². The average Bonchev–Trinajstić information content (AvgIpc) is 3.04. The molecule has 0 saturated carbocycles. The molecule has 1 unspecified atom stereocenters. The smallest absolute Gasteiger partial charge is 0.338 e. The topological polar surface area (TPSA) is 65.4 Å². The minimum atomic E-state index is -0.435.